The van der Waals surface area contributed by atoms with Crippen LogP contribution in [0.1, 0.15) is 35.7 Å². The first-order valence-corrected chi connectivity index (χ1v) is 8.06. The SMILES string of the molecule is CC(=O)NCC1CCN(C(=O)c2cc(C)cc(Br)c2)CC1. The number of carbonyl (C=O) groups is 2. The molecule has 0 bridgehead atoms. The Bertz CT molecular complexity index is 517. The lowest BCUT2D eigenvalue weighted by Crippen LogP contribution is -2.41. The van der Waals surface area contributed by atoms with E-state index in [1.54, 1.807) is 0 Å². The molecule has 0 aliphatic carbocycles. The van der Waals surface area contributed by atoms with Gasteiger partial charge in [-0.15, -0.1) is 0 Å². The fourth-order valence-electron chi connectivity index (χ4n) is 2.67. The third-order valence-corrected chi connectivity index (χ3v) is 4.29. The number of likely N-dealkylation sites (tertiary alicyclic amines) is 1. The zero-order valence-corrected chi connectivity index (χ0v) is 14.1. The molecule has 0 aromatic heterocycles. The van der Waals surface area contributed by atoms with Gasteiger partial charge < -0.3 is 10.2 Å². The lowest BCUT2D eigenvalue weighted by atomic mass is 9.96. The van der Waals surface area contributed by atoms with Gasteiger partial charge in [-0.2, -0.15) is 0 Å². The summed E-state index contributed by atoms with van der Waals surface area (Å²) in [6.07, 6.45) is 1.89. The molecule has 1 N–H and O–H groups in total. The van der Waals surface area contributed by atoms with E-state index in [1.165, 1.54) is 6.92 Å². The van der Waals surface area contributed by atoms with Gasteiger partial charge in [0.15, 0.2) is 0 Å². The van der Waals surface area contributed by atoms with E-state index in [0.717, 1.165) is 41.5 Å². The summed E-state index contributed by atoms with van der Waals surface area (Å²) in [5, 5.41) is 2.86. The summed E-state index contributed by atoms with van der Waals surface area (Å²) in [5.74, 6) is 0.581. The van der Waals surface area contributed by atoms with E-state index in [4.69, 9.17) is 0 Å². The maximum absolute atomic E-state index is 12.5. The number of hydrogen-bond acceptors (Lipinski definition) is 2. The van der Waals surface area contributed by atoms with Crippen LogP contribution in [0.3, 0.4) is 0 Å². The van der Waals surface area contributed by atoms with Crippen molar-refractivity contribution in [2.45, 2.75) is 26.7 Å². The van der Waals surface area contributed by atoms with Crippen LogP contribution in [0.5, 0.6) is 0 Å². The summed E-state index contributed by atoms with van der Waals surface area (Å²) >= 11 is 3.44. The Morgan fingerprint density at radius 1 is 1.29 bits per heavy atom. The van der Waals surface area contributed by atoms with Gasteiger partial charge in [0.25, 0.3) is 5.91 Å². The van der Waals surface area contributed by atoms with Gasteiger partial charge in [-0.3, -0.25) is 9.59 Å². The predicted molar refractivity (Wildman–Crippen MR) is 86.2 cm³/mol. The van der Waals surface area contributed by atoms with Gasteiger partial charge in [-0.05, 0) is 49.4 Å². The highest BCUT2D eigenvalue weighted by atomic mass is 79.9. The first-order chi connectivity index (χ1) is 9.95. The zero-order chi connectivity index (χ0) is 15.4. The average molecular weight is 353 g/mol. The van der Waals surface area contributed by atoms with Crippen molar-refractivity contribution < 1.29 is 9.59 Å². The molecule has 0 spiro atoms. The molecule has 1 heterocycles. The van der Waals surface area contributed by atoms with Crippen LogP contribution < -0.4 is 5.32 Å². The monoisotopic (exact) mass is 352 g/mol. The largest absolute Gasteiger partial charge is 0.356 e. The van der Waals surface area contributed by atoms with Crippen LogP contribution in [-0.4, -0.2) is 36.3 Å². The first kappa shape index (κ1) is 16.0. The van der Waals surface area contributed by atoms with Crippen LogP contribution in [0.4, 0.5) is 0 Å². The van der Waals surface area contributed by atoms with Crippen molar-refractivity contribution in [3.05, 3.63) is 33.8 Å². The van der Waals surface area contributed by atoms with Crippen LogP contribution in [0.25, 0.3) is 0 Å². The molecule has 114 valence electrons. The third kappa shape index (κ3) is 4.56. The van der Waals surface area contributed by atoms with E-state index in [9.17, 15) is 9.59 Å². The number of halogens is 1. The highest BCUT2D eigenvalue weighted by molar-refractivity contribution is 9.10. The highest BCUT2D eigenvalue weighted by Crippen LogP contribution is 2.21. The number of nitrogens with one attached hydrogen (secondary N) is 1. The lowest BCUT2D eigenvalue weighted by molar-refractivity contribution is -0.119. The molecule has 21 heavy (non-hydrogen) atoms. The van der Waals surface area contributed by atoms with E-state index in [2.05, 4.69) is 21.2 Å². The molecule has 4 nitrogen and oxygen atoms in total. The third-order valence-electron chi connectivity index (χ3n) is 3.83. The van der Waals surface area contributed by atoms with Gasteiger partial charge in [0.05, 0.1) is 0 Å². The molecule has 1 aromatic rings. The number of aryl methyl sites for hydroxylation is 1. The molecular weight excluding hydrogens is 332 g/mol. The van der Waals surface area contributed by atoms with Gasteiger partial charge in [0.1, 0.15) is 0 Å². The summed E-state index contributed by atoms with van der Waals surface area (Å²) in [4.78, 5) is 25.3. The van der Waals surface area contributed by atoms with E-state index in [-0.39, 0.29) is 11.8 Å². The number of rotatable bonds is 3. The zero-order valence-electron chi connectivity index (χ0n) is 12.5. The second-order valence-corrected chi connectivity index (χ2v) is 6.61. The second kappa shape index (κ2) is 7.07. The Hall–Kier alpha value is -1.36. The standard InChI is InChI=1S/C16H21BrN2O2/c1-11-7-14(9-15(17)8-11)16(21)19-5-3-13(4-6-19)10-18-12(2)20/h7-9,13H,3-6,10H2,1-2H3,(H,18,20). The van der Waals surface area contributed by atoms with Crippen molar-refractivity contribution in [2.24, 2.45) is 5.92 Å². The maximum atomic E-state index is 12.5. The summed E-state index contributed by atoms with van der Waals surface area (Å²) in [6.45, 7) is 5.76. The molecule has 1 saturated heterocycles. The quantitative estimate of drug-likeness (QED) is 0.909. The molecule has 1 aliphatic rings. The second-order valence-electron chi connectivity index (χ2n) is 5.69. The summed E-state index contributed by atoms with van der Waals surface area (Å²) in [5.41, 5.74) is 1.82. The molecule has 1 fully saturated rings. The van der Waals surface area contributed by atoms with Gasteiger partial charge >= 0.3 is 0 Å². The Balaban J connectivity index is 1.92. The fourth-order valence-corrected chi connectivity index (χ4v) is 3.28. The molecule has 0 unspecified atom stereocenters. The number of piperidine rings is 1. The lowest BCUT2D eigenvalue weighted by Gasteiger charge is -2.32. The topological polar surface area (TPSA) is 49.4 Å². The van der Waals surface area contributed by atoms with Gasteiger partial charge in [-0.25, -0.2) is 0 Å². The summed E-state index contributed by atoms with van der Waals surface area (Å²) in [7, 11) is 0. The Morgan fingerprint density at radius 2 is 1.95 bits per heavy atom. The van der Waals surface area contributed by atoms with Crippen LogP contribution in [-0.2, 0) is 4.79 Å². The van der Waals surface area contributed by atoms with Crippen molar-refractivity contribution >= 4 is 27.7 Å². The van der Waals surface area contributed by atoms with Crippen LogP contribution in [0.2, 0.25) is 0 Å². The van der Waals surface area contributed by atoms with Crippen LogP contribution >= 0.6 is 15.9 Å². The minimum Gasteiger partial charge on any atom is -0.356 e. The normalized spacial score (nSPS) is 15.9. The van der Waals surface area contributed by atoms with Gasteiger partial charge in [0, 0.05) is 36.6 Å². The van der Waals surface area contributed by atoms with Crippen LogP contribution in [0, 0.1) is 12.8 Å². The van der Waals surface area contributed by atoms with Crippen molar-refractivity contribution in [1.82, 2.24) is 10.2 Å². The predicted octanol–water partition coefficient (Wildman–Crippen LogP) is 2.75. The molecule has 5 heteroatoms. The van der Waals surface area contributed by atoms with Crippen molar-refractivity contribution in [2.75, 3.05) is 19.6 Å². The molecule has 1 aliphatic heterocycles. The van der Waals surface area contributed by atoms with Gasteiger partial charge in [0.2, 0.25) is 5.91 Å². The molecule has 2 amide bonds. The van der Waals surface area contributed by atoms with Crippen molar-refractivity contribution in [3.8, 4) is 0 Å². The summed E-state index contributed by atoms with van der Waals surface area (Å²) in [6, 6.07) is 5.80. The Kier molecular flexibility index (Phi) is 5.39. The molecule has 0 saturated carbocycles. The summed E-state index contributed by atoms with van der Waals surface area (Å²) < 4.78 is 0.936. The molecular formula is C16H21BrN2O2. The van der Waals surface area contributed by atoms with Gasteiger partial charge in [-0.1, -0.05) is 15.9 Å². The minimum atomic E-state index is 0.0121. The number of hydrogen-bond donors (Lipinski definition) is 1. The number of nitrogens with zero attached hydrogens (tertiary/aromatic N) is 1. The van der Waals surface area contributed by atoms with Crippen LogP contribution in [0.15, 0.2) is 22.7 Å². The number of carbonyl (C=O) groups excluding carboxylic acids is 2. The molecule has 0 radical (unpaired) electrons. The molecule has 0 atom stereocenters. The average Bonchev–Trinajstić information content (AvgIpc) is 2.44. The highest BCUT2D eigenvalue weighted by Gasteiger charge is 2.23. The minimum absolute atomic E-state index is 0.0121. The number of amides is 2. The maximum Gasteiger partial charge on any atom is 0.253 e. The molecule has 2 rings (SSSR count). The van der Waals surface area contributed by atoms with E-state index < -0.39 is 0 Å². The molecule has 1 aromatic carbocycles. The van der Waals surface area contributed by atoms with E-state index >= 15 is 0 Å². The smallest absolute Gasteiger partial charge is 0.253 e. The fraction of sp³-hybridized carbons (Fsp3) is 0.500. The van der Waals surface area contributed by atoms with E-state index in [1.807, 2.05) is 30.0 Å². The van der Waals surface area contributed by atoms with E-state index in [0.29, 0.717) is 12.5 Å². The van der Waals surface area contributed by atoms with Crippen molar-refractivity contribution in [3.63, 3.8) is 0 Å². The van der Waals surface area contributed by atoms with Crippen molar-refractivity contribution in [1.29, 1.82) is 0 Å². The Labute approximate surface area is 134 Å². The Morgan fingerprint density at radius 3 is 2.52 bits per heavy atom. The first-order valence-electron chi connectivity index (χ1n) is 7.26. The number of benzene rings is 1.